The summed E-state index contributed by atoms with van der Waals surface area (Å²) in [6.45, 7) is 1.64. The highest BCUT2D eigenvalue weighted by molar-refractivity contribution is 7.89. The van der Waals surface area contributed by atoms with E-state index in [4.69, 9.17) is 11.0 Å². The molecule has 0 unspecified atom stereocenters. The van der Waals surface area contributed by atoms with Crippen molar-refractivity contribution in [2.75, 3.05) is 0 Å². The van der Waals surface area contributed by atoms with E-state index in [9.17, 15) is 13.2 Å². The van der Waals surface area contributed by atoms with Gasteiger partial charge in [-0.15, -0.1) is 5.10 Å². The molecule has 0 bridgehead atoms. The zero-order valence-corrected chi connectivity index (χ0v) is 11.3. The minimum Gasteiger partial charge on any atom is -0.289 e. The summed E-state index contributed by atoms with van der Waals surface area (Å²) in [7, 11) is -3.75. The van der Waals surface area contributed by atoms with Gasteiger partial charge in [-0.1, -0.05) is 5.21 Å². The Labute approximate surface area is 114 Å². The molecule has 1 aromatic heterocycles. The van der Waals surface area contributed by atoms with Crippen molar-refractivity contribution in [1.82, 2.24) is 20.4 Å². The van der Waals surface area contributed by atoms with Crippen molar-refractivity contribution in [3.05, 3.63) is 35.7 Å². The fraction of sp³-hybridized carbons (Fsp3) is 0.100. The topological polar surface area (TPSA) is 146 Å². The molecule has 10 heteroatoms. The van der Waals surface area contributed by atoms with E-state index in [-0.39, 0.29) is 10.6 Å². The first-order valence-electron chi connectivity index (χ1n) is 5.41. The molecule has 2 aromatic rings. The Morgan fingerprint density at radius 2 is 1.90 bits per heavy atom. The molecular formula is C10H12N6O3S. The first-order chi connectivity index (χ1) is 9.34. The van der Waals surface area contributed by atoms with Crippen LogP contribution in [0.5, 0.6) is 0 Å². The van der Waals surface area contributed by atoms with Gasteiger partial charge in [-0.2, -0.15) is 0 Å². The molecule has 0 aliphatic carbocycles. The van der Waals surface area contributed by atoms with Crippen molar-refractivity contribution in [1.29, 1.82) is 0 Å². The maximum atomic E-state index is 11.4. The van der Waals surface area contributed by atoms with Gasteiger partial charge in [0.1, 0.15) is 0 Å². The molecule has 0 saturated carbocycles. The number of primary sulfonamides is 1. The summed E-state index contributed by atoms with van der Waals surface area (Å²) in [4.78, 5) is 11.4. The zero-order chi connectivity index (χ0) is 14.9. The lowest BCUT2D eigenvalue weighted by Gasteiger charge is -2.04. The van der Waals surface area contributed by atoms with Gasteiger partial charge in [0.05, 0.1) is 16.3 Å². The van der Waals surface area contributed by atoms with Crippen LogP contribution in [0.25, 0.3) is 5.69 Å². The number of benzene rings is 1. The number of carbonyl (C=O) groups is 1. The van der Waals surface area contributed by atoms with E-state index in [2.05, 4.69) is 10.3 Å². The quantitative estimate of drug-likeness (QED) is 0.369. The molecule has 5 N–H and O–H groups in total. The van der Waals surface area contributed by atoms with Crippen molar-refractivity contribution >= 4 is 15.9 Å². The lowest BCUT2D eigenvalue weighted by molar-refractivity contribution is 0.0948. The summed E-state index contributed by atoms with van der Waals surface area (Å²) in [6, 6.07) is 5.69. The highest BCUT2D eigenvalue weighted by Gasteiger charge is 2.16. The Balaban J connectivity index is 2.43. The number of rotatable bonds is 3. The van der Waals surface area contributed by atoms with Crippen LogP contribution in [0.15, 0.2) is 29.2 Å². The van der Waals surface area contributed by atoms with Crippen molar-refractivity contribution < 1.29 is 13.2 Å². The molecule has 0 radical (unpaired) electrons. The lowest BCUT2D eigenvalue weighted by atomic mass is 10.3. The van der Waals surface area contributed by atoms with Crippen LogP contribution in [-0.4, -0.2) is 29.3 Å². The molecule has 1 amide bonds. The largest absolute Gasteiger partial charge is 0.289 e. The molecule has 0 aliphatic rings. The molecule has 0 aliphatic heterocycles. The van der Waals surface area contributed by atoms with Gasteiger partial charge in [0.2, 0.25) is 10.0 Å². The average molecular weight is 296 g/mol. The number of nitrogen functional groups attached to an aromatic ring is 1. The molecule has 0 fully saturated rings. The van der Waals surface area contributed by atoms with Gasteiger partial charge < -0.3 is 0 Å². The second kappa shape index (κ2) is 5.00. The minimum atomic E-state index is -3.75. The van der Waals surface area contributed by atoms with E-state index < -0.39 is 15.9 Å². The van der Waals surface area contributed by atoms with Gasteiger partial charge >= 0.3 is 0 Å². The summed E-state index contributed by atoms with van der Waals surface area (Å²) in [5, 5.41) is 12.5. The number of amides is 1. The number of nitrogens with zero attached hydrogens (tertiary/aromatic N) is 3. The van der Waals surface area contributed by atoms with Crippen LogP contribution < -0.4 is 16.4 Å². The maximum Gasteiger partial charge on any atom is 0.287 e. The fourth-order valence-corrected chi connectivity index (χ4v) is 2.15. The van der Waals surface area contributed by atoms with Gasteiger partial charge in [-0.05, 0) is 31.2 Å². The van der Waals surface area contributed by atoms with Crippen molar-refractivity contribution in [3.8, 4) is 5.69 Å². The SMILES string of the molecule is Cc1c(C(=O)NN)nnn1-c1ccc(S(N)(=O)=O)cc1. The van der Waals surface area contributed by atoms with Crippen LogP contribution in [0.4, 0.5) is 0 Å². The molecule has 20 heavy (non-hydrogen) atoms. The van der Waals surface area contributed by atoms with Crippen LogP contribution in [0.3, 0.4) is 0 Å². The van der Waals surface area contributed by atoms with Crippen molar-refractivity contribution in [3.63, 3.8) is 0 Å². The summed E-state index contributed by atoms with van der Waals surface area (Å²) in [5.74, 6) is 4.47. The summed E-state index contributed by atoms with van der Waals surface area (Å²) >= 11 is 0. The zero-order valence-electron chi connectivity index (χ0n) is 10.4. The third-order valence-corrected chi connectivity index (χ3v) is 3.58. The van der Waals surface area contributed by atoms with Gasteiger partial charge in [-0.3, -0.25) is 10.2 Å². The van der Waals surface area contributed by atoms with Gasteiger partial charge in [0.25, 0.3) is 5.91 Å². The van der Waals surface area contributed by atoms with Crippen LogP contribution in [0.1, 0.15) is 16.2 Å². The van der Waals surface area contributed by atoms with E-state index in [1.54, 1.807) is 6.92 Å². The van der Waals surface area contributed by atoms with Crippen molar-refractivity contribution in [2.45, 2.75) is 11.8 Å². The predicted molar refractivity (Wildman–Crippen MR) is 69.1 cm³/mol. The number of hydrogen-bond acceptors (Lipinski definition) is 6. The number of nitrogens with one attached hydrogen (secondary N) is 1. The minimum absolute atomic E-state index is 0.0149. The van der Waals surface area contributed by atoms with Gasteiger partial charge in [0, 0.05) is 0 Å². The fourth-order valence-electron chi connectivity index (χ4n) is 1.63. The number of carbonyl (C=O) groups excluding carboxylic acids is 1. The van der Waals surface area contributed by atoms with E-state index in [1.807, 2.05) is 5.43 Å². The van der Waals surface area contributed by atoms with Crippen LogP contribution in [-0.2, 0) is 10.0 Å². The Hall–Kier alpha value is -2.30. The highest BCUT2D eigenvalue weighted by atomic mass is 32.2. The smallest absolute Gasteiger partial charge is 0.287 e. The molecule has 106 valence electrons. The summed E-state index contributed by atoms with van der Waals surface area (Å²) in [5.41, 5.74) is 3.06. The first kappa shape index (κ1) is 14.1. The number of hydrogen-bond donors (Lipinski definition) is 3. The predicted octanol–water partition coefficient (Wildman–Crippen LogP) is -1.17. The van der Waals surface area contributed by atoms with E-state index >= 15 is 0 Å². The monoisotopic (exact) mass is 296 g/mol. The van der Waals surface area contributed by atoms with Gasteiger partial charge in [0.15, 0.2) is 5.69 Å². The molecular weight excluding hydrogens is 284 g/mol. The normalized spacial score (nSPS) is 11.3. The number of nitrogens with two attached hydrogens (primary N) is 2. The van der Waals surface area contributed by atoms with Gasteiger partial charge in [-0.25, -0.2) is 24.1 Å². The third-order valence-electron chi connectivity index (χ3n) is 2.65. The first-order valence-corrected chi connectivity index (χ1v) is 6.95. The van der Waals surface area contributed by atoms with Crippen LogP contribution >= 0.6 is 0 Å². The van der Waals surface area contributed by atoms with E-state index in [0.717, 1.165) is 0 Å². The number of sulfonamides is 1. The maximum absolute atomic E-state index is 11.4. The second-order valence-corrected chi connectivity index (χ2v) is 5.51. The molecule has 9 nitrogen and oxygen atoms in total. The standard InChI is InChI=1S/C10H12N6O3S/c1-6-9(10(17)13-11)14-15-16(6)7-2-4-8(5-3-7)20(12,18)19/h2-5H,11H2,1H3,(H,13,17)(H2,12,18,19). The Morgan fingerprint density at radius 1 is 1.30 bits per heavy atom. The average Bonchev–Trinajstić information content (AvgIpc) is 2.79. The molecule has 0 atom stereocenters. The summed E-state index contributed by atoms with van der Waals surface area (Å²) in [6.07, 6.45) is 0. The Morgan fingerprint density at radius 3 is 2.40 bits per heavy atom. The third kappa shape index (κ3) is 2.52. The second-order valence-electron chi connectivity index (χ2n) is 3.95. The molecule has 2 rings (SSSR count). The molecule has 0 spiro atoms. The molecule has 1 heterocycles. The van der Waals surface area contributed by atoms with Crippen LogP contribution in [0.2, 0.25) is 0 Å². The number of aromatic nitrogens is 3. The highest BCUT2D eigenvalue weighted by Crippen LogP contribution is 2.15. The Bertz CT molecular complexity index is 750. The molecule has 0 saturated heterocycles. The Kier molecular flexibility index (Phi) is 3.53. The van der Waals surface area contributed by atoms with E-state index in [0.29, 0.717) is 11.4 Å². The molecule has 1 aromatic carbocycles. The number of hydrazine groups is 1. The lowest BCUT2D eigenvalue weighted by Crippen LogP contribution is -2.30. The van der Waals surface area contributed by atoms with Crippen LogP contribution in [0, 0.1) is 6.92 Å². The van der Waals surface area contributed by atoms with Crippen molar-refractivity contribution in [2.24, 2.45) is 11.0 Å². The van der Waals surface area contributed by atoms with E-state index in [1.165, 1.54) is 28.9 Å². The summed E-state index contributed by atoms with van der Waals surface area (Å²) < 4.78 is 23.7.